The van der Waals surface area contributed by atoms with Crippen LogP contribution in [0.2, 0.25) is 0 Å². The van der Waals surface area contributed by atoms with Gasteiger partial charge < -0.3 is 9.64 Å². The van der Waals surface area contributed by atoms with E-state index >= 15 is 0 Å². The normalized spacial score (nSPS) is 10.8. The highest BCUT2D eigenvalue weighted by molar-refractivity contribution is 5.96. The molecule has 128 valence electrons. The van der Waals surface area contributed by atoms with Crippen molar-refractivity contribution in [1.29, 1.82) is 0 Å². The molecule has 0 aromatic heterocycles. The molecule has 24 heavy (non-hydrogen) atoms. The summed E-state index contributed by atoms with van der Waals surface area (Å²) in [5.74, 6) is 0.975. The van der Waals surface area contributed by atoms with E-state index in [0.717, 1.165) is 36.5 Å². The Kier molecular flexibility index (Phi) is 7.01. The lowest BCUT2D eigenvalue weighted by Gasteiger charge is -2.17. The monoisotopic (exact) mass is 325 g/mol. The van der Waals surface area contributed by atoms with E-state index in [0.29, 0.717) is 13.0 Å². The summed E-state index contributed by atoms with van der Waals surface area (Å²) >= 11 is 0. The molecule has 0 saturated carbocycles. The third-order valence-corrected chi connectivity index (χ3v) is 4.25. The maximum Gasteiger partial charge on any atom is 0.164 e. The van der Waals surface area contributed by atoms with Crippen LogP contribution in [0.4, 0.5) is 0 Å². The van der Waals surface area contributed by atoms with Gasteiger partial charge in [-0.15, -0.1) is 0 Å². The molecule has 2 aromatic rings. The topological polar surface area (TPSA) is 29.5 Å². The lowest BCUT2D eigenvalue weighted by atomic mass is 10.1. The maximum atomic E-state index is 12.2. The molecule has 2 rings (SSSR count). The summed E-state index contributed by atoms with van der Waals surface area (Å²) in [5.41, 5.74) is 3.14. The zero-order chi connectivity index (χ0) is 17.4. The van der Waals surface area contributed by atoms with Gasteiger partial charge in [0.2, 0.25) is 0 Å². The van der Waals surface area contributed by atoms with Crippen molar-refractivity contribution in [2.24, 2.45) is 0 Å². The van der Waals surface area contributed by atoms with E-state index in [1.807, 2.05) is 24.3 Å². The summed E-state index contributed by atoms with van der Waals surface area (Å²) < 4.78 is 5.78. The van der Waals surface area contributed by atoms with Crippen LogP contribution in [-0.2, 0) is 6.61 Å². The predicted octanol–water partition coefficient (Wildman–Crippen LogP) is 4.49. The van der Waals surface area contributed by atoms with Crippen LogP contribution in [0.25, 0.3) is 0 Å². The minimum atomic E-state index is 0.187. The Morgan fingerprint density at radius 3 is 2.17 bits per heavy atom. The molecule has 0 bridgehead atoms. The molecule has 0 fully saturated rings. The Balaban J connectivity index is 1.85. The highest BCUT2D eigenvalue weighted by atomic mass is 16.5. The third-order valence-electron chi connectivity index (χ3n) is 4.25. The number of hydrogen-bond donors (Lipinski definition) is 0. The van der Waals surface area contributed by atoms with E-state index in [-0.39, 0.29) is 5.78 Å². The molecule has 0 aliphatic rings. The Hall–Kier alpha value is -2.13. The van der Waals surface area contributed by atoms with Crippen LogP contribution in [0.1, 0.15) is 41.8 Å². The van der Waals surface area contributed by atoms with Gasteiger partial charge in [-0.2, -0.15) is 0 Å². The van der Waals surface area contributed by atoms with Gasteiger partial charge in [-0.1, -0.05) is 43.7 Å². The number of carbonyl (C=O) groups excluding carboxylic acids is 1. The van der Waals surface area contributed by atoms with Gasteiger partial charge in [-0.25, -0.2) is 0 Å². The number of hydrogen-bond acceptors (Lipinski definition) is 3. The first-order chi connectivity index (χ1) is 11.6. The number of Topliss-reactive ketones (excluding diaryl/α,β-unsaturated/α-hetero) is 1. The second-order valence-electron chi connectivity index (χ2n) is 6.00. The van der Waals surface area contributed by atoms with Gasteiger partial charge >= 0.3 is 0 Å². The molecule has 0 aliphatic carbocycles. The molecule has 0 heterocycles. The van der Waals surface area contributed by atoms with Crippen LogP contribution >= 0.6 is 0 Å². The number of aryl methyl sites for hydroxylation is 1. The van der Waals surface area contributed by atoms with E-state index in [2.05, 4.69) is 49.9 Å². The van der Waals surface area contributed by atoms with Crippen molar-refractivity contribution < 1.29 is 9.53 Å². The molecular weight excluding hydrogens is 298 g/mol. The molecule has 0 radical (unpaired) electrons. The van der Waals surface area contributed by atoms with Crippen LogP contribution in [0, 0.1) is 6.92 Å². The first-order valence-corrected chi connectivity index (χ1v) is 8.66. The lowest BCUT2D eigenvalue weighted by molar-refractivity contribution is 0.0966. The Morgan fingerprint density at radius 2 is 1.58 bits per heavy atom. The van der Waals surface area contributed by atoms with Crippen molar-refractivity contribution in [3.8, 4) is 5.75 Å². The number of ether oxygens (including phenoxy) is 1. The third kappa shape index (κ3) is 5.50. The van der Waals surface area contributed by atoms with Gasteiger partial charge in [-0.05, 0) is 49.8 Å². The molecule has 0 unspecified atom stereocenters. The summed E-state index contributed by atoms with van der Waals surface area (Å²) in [7, 11) is 0. The maximum absolute atomic E-state index is 12.2. The van der Waals surface area contributed by atoms with Gasteiger partial charge in [0, 0.05) is 18.5 Å². The number of nitrogens with zero attached hydrogens (tertiary/aromatic N) is 1. The van der Waals surface area contributed by atoms with Crippen molar-refractivity contribution >= 4 is 5.78 Å². The van der Waals surface area contributed by atoms with Crippen LogP contribution in [0.5, 0.6) is 5.75 Å². The SMILES string of the molecule is CCN(CC)CCC(=O)c1ccc(OCc2ccc(C)cc2)cc1. The van der Waals surface area contributed by atoms with E-state index in [1.54, 1.807) is 0 Å². The zero-order valence-electron chi connectivity index (χ0n) is 14.9. The number of ketones is 1. The van der Waals surface area contributed by atoms with Crippen LogP contribution in [0.15, 0.2) is 48.5 Å². The molecular formula is C21H27NO2. The molecule has 0 N–H and O–H groups in total. The second kappa shape index (κ2) is 9.24. The van der Waals surface area contributed by atoms with Crippen molar-refractivity contribution in [3.05, 3.63) is 65.2 Å². The highest BCUT2D eigenvalue weighted by Crippen LogP contribution is 2.16. The molecule has 0 atom stereocenters. The van der Waals surface area contributed by atoms with Gasteiger partial charge in [0.1, 0.15) is 12.4 Å². The summed E-state index contributed by atoms with van der Waals surface area (Å²) in [5, 5.41) is 0. The minimum absolute atomic E-state index is 0.187. The molecule has 0 amide bonds. The van der Waals surface area contributed by atoms with Crippen LogP contribution in [-0.4, -0.2) is 30.3 Å². The van der Waals surface area contributed by atoms with Crippen LogP contribution in [0.3, 0.4) is 0 Å². The highest BCUT2D eigenvalue weighted by Gasteiger charge is 2.08. The molecule has 0 spiro atoms. The van der Waals surface area contributed by atoms with E-state index in [9.17, 15) is 4.79 Å². The fourth-order valence-corrected chi connectivity index (χ4v) is 2.53. The summed E-state index contributed by atoms with van der Waals surface area (Å²) in [6, 6.07) is 15.8. The fourth-order valence-electron chi connectivity index (χ4n) is 2.53. The molecule has 2 aromatic carbocycles. The average molecular weight is 325 g/mol. The Bertz CT molecular complexity index is 628. The second-order valence-corrected chi connectivity index (χ2v) is 6.00. The van der Waals surface area contributed by atoms with Gasteiger partial charge in [-0.3, -0.25) is 4.79 Å². The standard InChI is InChI=1S/C21H27NO2/c1-4-22(5-2)15-14-21(23)19-10-12-20(13-11-19)24-16-18-8-6-17(3)7-9-18/h6-13H,4-5,14-16H2,1-3H3. The smallest absolute Gasteiger partial charge is 0.164 e. The first kappa shape index (κ1) is 18.2. The fraction of sp³-hybridized carbons (Fsp3) is 0.381. The molecule has 3 nitrogen and oxygen atoms in total. The first-order valence-electron chi connectivity index (χ1n) is 8.66. The van der Waals surface area contributed by atoms with E-state index < -0.39 is 0 Å². The summed E-state index contributed by atoms with van der Waals surface area (Å²) in [6.07, 6.45) is 0.561. The van der Waals surface area contributed by atoms with Crippen molar-refractivity contribution in [3.63, 3.8) is 0 Å². The summed E-state index contributed by atoms with van der Waals surface area (Å²) in [6.45, 7) is 9.63. The van der Waals surface area contributed by atoms with Crippen molar-refractivity contribution in [2.75, 3.05) is 19.6 Å². The van der Waals surface area contributed by atoms with Crippen molar-refractivity contribution in [2.45, 2.75) is 33.8 Å². The van der Waals surface area contributed by atoms with E-state index in [4.69, 9.17) is 4.74 Å². The van der Waals surface area contributed by atoms with Gasteiger partial charge in [0.15, 0.2) is 5.78 Å². The molecule has 3 heteroatoms. The van der Waals surface area contributed by atoms with Crippen LogP contribution < -0.4 is 4.74 Å². The lowest BCUT2D eigenvalue weighted by Crippen LogP contribution is -2.25. The number of carbonyl (C=O) groups is 1. The summed E-state index contributed by atoms with van der Waals surface area (Å²) in [4.78, 5) is 14.5. The van der Waals surface area contributed by atoms with Gasteiger partial charge in [0.25, 0.3) is 0 Å². The number of benzene rings is 2. The molecule has 0 aliphatic heterocycles. The Labute approximate surface area is 145 Å². The minimum Gasteiger partial charge on any atom is -0.489 e. The van der Waals surface area contributed by atoms with E-state index in [1.165, 1.54) is 5.56 Å². The van der Waals surface area contributed by atoms with Crippen molar-refractivity contribution in [1.82, 2.24) is 4.90 Å². The predicted molar refractivity (Wildman–Crippen MR) is 98.7 cm³/mol. The quantitative estimate of drug-likeness (QED) is 0.636. The number of rotatable bonds is 9. The van der Waals surface area contributed by atoms with Gasteiger partial charge in [0.05, 0.1) is 0 Å². The Morgan fingerprint density at radius 1 is 0.958 bits per heavy atom. The molecule has 0 saturated heterocycles. The zero-order valence-corrected chi connectivity index (χ0v) is 14.9. The largest absolute Gasteiger partial charge is 0.489 e. The average Bonchev–Trinajstić information content (AvgIpc) is 2.62.